The molecule has 29 heavy (non-hydrogen) atoms. The molecule has 7 nitrogen and oxygen atoms in total. The number of likely N-dealkylation sites (tertiary alicyclic amines) is 1. The van der Waals surface area contributed by atoms with Gasteiger partial charge in [-0.1, -0.05) is 18.2 Å². The molecule has 10 heteroatoms. The van der Waals surface area contributed by atoms with Crippen LogP contribution in [0, 0.1) is 0 Å². The van der Waals surface area contributed by atoms with Crippen LogP contribution in [0.2, 0.25) is 0 Å². The normalized spacial score (nSPS) is 15.4. The number of rotatable bonds is 4. The van der Waals surface area contributed by atoms with Crippen molar-refractivity contribution in [3.63, 3.8) is 0 Å². The van der Waals surface area contributed by atoms with E-state index < -0.39 is 11.7 Å². The van der Waals surface area contributed by atoms with Gasteiger partial charge in [0.05, 0.1) is 5.56 Å². The van der Waals surface area contributed by atoms with Crippen LogP contribution in [-0.4, -0.2) is 39.8 Å². The summed E-state index contributed by atoms with van der Waals surface area (Å²) in [4.78, 5) is 25.3. The summed E-state index contributed by atoms with van der Waals surface area (Å²) in [6, 6.07) is 7.98. The summed E-state index contributed by atoms with van der Waals surface area (Å²) >= 11 is 0. The maximum absolute atomic E-state index is 13.1. The first-order valence-electron chi connectivity index (χ1n) is 9.23. The van der Waals surface area contributed by atoms with E-state index in [-0.39, 0.29) is 35.6 Å². The van der Waals surface area contributed by atoms with Crippen molar-refractivity contribution in [2.45, 2.75) is 31.6 Å². The minimum atomic E-state index is -4.38. The standard InChI is InChI=1S/C19H22F3N5O2/c1-26-17(28)7-6-16(25-26)24-18(29)27-10-8-14(9-11-27)23-12-13-4-2-3-5-15(13)19(20,21)22/h2-7,14,23H,8-12H2,1H3,(H,24,25,29). The van der Waals surface area contributed by atoms with Gasteiger partial charge in [-0.3, -0.25) is 10.1 Å². The van der Waals surface area contributed by atoms with Gasteiger partial charge in [0.25, 0.3) is 5.56 Å². The van der Waals surface area contributed by atoms with Gasteiger partial charge in [0.1, 0.15) is 0 Å². The molecule has 0 spiro atoms. The molecule has 156 valence electrons. The van der Waals surface area contributed by atoms with Crippen molar-refractivity contribution >= 4 is 11.8 Å². The van der Waals surface area contributed by atoms with Crippen molar-refractivity contribution in [3.05, 3.63) is 57.9 Å². The van der Waals surface area contributed by atoms with Crippen molar-refractivity contribution in [1.82, 2.24) is 20.0 Å². The highest BCUT2D eigenvalue weighted by molar-refractivity contribution is 5.88. The predicted octanol–water partition coefficient (Wildman–Crippen LogP) is 2.59. The lowest BCUT2D eigenvalue weighted by Gasteiger charge is -2.32. The van der Waals surface area contributed by atoms with Crippen LogP contribution in [0.4, 0.5) is 23.8 Å². The first-order valence-corrected chi connectivity index (χ1v) is 9.23. The van der Waals surface area contributed by atoms with Gasteiger partial charge in [-0.25, -0.2) is 9.48 Å². The molecule has 0 atom stereocenters. The Hall–Kier alpha value is -2.88. The fourth-order valence-electron chi connectivity index (χ4n) is 3.25. The van der Waals surface area contributed by atoms with Crippen LogP contribution in [0.25, 0.3) is 0 Å². The minimum Gasteiger partial charge on any atom is -0.324 e. The Morgan fingerprint density at radius 3 is 2.52 bits per heavy atom. The molecule has 0 bridgehead atoms. The number of nitrogens with zero attached hydrogens (tertiary/aromatic N) is 3. The minimum absolute atomic E-state index is 0.0241. The lowest BCUT2D eigenvalue weighted by Crippen LogP contribution is -2.46. The molecule has 2 heterocycles. The Labute approximate surface area is 165 Å². The third kappa shape index (κ3) is 5.35. The molecule has 1 aromatic carbocycles. The molecule has 3 rings (SSSR count). The van der Waals surface area contributed by atoms with Crippen molar-refractivity contribution in [3.8, 4) is 0 Å². The maximum atomic E-state index is 13.1. The zero-order chi connectivity index (χ0) is 21.0. The lowest BCUT2D eigenvalue weighted by atomic mass is 10.0. The zero-order valence-electron chi connectivity index (χ0n) is 15.9. The Kier molecular flexibility index (Phi) is 6.21. The molecular formula is C19H22F3N5O2. The topological polar surface area (TPSA) is 79.3 Å². The highest BCUT2D eigenvalue weighted by Crippen LogP contribution is 2.31. The van der Waals surface area contributed by atoms with Crippen LogP contribution in [0.3, 0.4) is 0 Å². The number of nitrogens with one attached hydrogen (secondary N) is 2. The molecule has 1 fully saturated rings. The van der Waals surface area contributed by atoms with Gasteiger partial charge >= 0.3 is 12.2 Å². The lowest BCUT2D eigenvalue weighted by molar-refractivity contribution is -0.138. The second-order valence-corrected chi connectivity index (χ2v) is 6.91. The molecule has 2 N–H and O–H groups in total. The van der Waals surface area contributed by atoms with Gasteiger partial charge in [0.15, 0.2) is 5.82 Å². The van der Waals surface area contributed by atoms with Crippen LogP contribution >= 0.6 is 0 Å². The Morgan fingerprint density at radius 2 is 1.86 bits per heavy atom. The van der Waals surface area contributed by atoms with Crippen LogP contribution < -0.4 is 16.2 Å². The number of aromatic nitrogens is 2. The number of hydrogen-bond donors (Lipinski definition) is 2. The van der Waals surface area contributed by atoms with Gasteiger partial charge < -0.3 is 10.2 Å². The van der Waals surface area contributed by atoms with Crippen LogP contribution in [0.5, 0.6) is 0 Å². The number of alkyl halides is 3. The van der Waals surface area contributed by atoms with E-state index in [9.17, 15) is 22.8 Å². The van der Waals surface area contributed by atoms with E-state index in [1.807, 2.05) is 0 Å². The summed E-state index contributed by atoms with van der Waals surface area (Å²) in [7, 11) is 1.49. The molecule has 1 aromatic heterocycles. The zero-order valence-corrected chi connectivity index (χ0v) is 15.9. The molecule has 0 saturated carbocycles. The summed E-state index contributed by atoms with van der Waals surface area (Å²) in [5.74, 6) is 0.279. The summed E-state index contributed by atoms with van der Waals surface area (Å²) in [5.41, 5.74) is -0.697. The van der Waals surface area contributed by atoms with E-state index in [1.165, 1.54) is 31.3 Å². The van der Waals surface area contributed by atoms with Crippen LogP contribution in [-0.2, 0) is 19.8 Å². The van der Waals surface area contributed by atoms with Gasteiger partial charge in [-0.2, -0.15) is 18.3 Å². The number of benzene rings is 1. The summed E-state index contributed by atoms with van der Waals surface area (Å²) in [5, 5.41) is 9.77. The van der Waals surface area contributed by atoms with Gasteiger partial charge in [0.2, 0.25) is 0 Å². The average molecular weight is 409 g/mol. The monoisotopic (exact) mass is 409 g/mol. The molecule has 0 unspecified atom stereocenters. The number of piperidine rings is 1. The van der Waals surface area contributed by atoms with Crippen molar-refractivity contribution < 1.29 is 18.0 Å². The quantitative estimate of drug-likeness (QED) is 0.814. The molecule has 1 saturated heterocycles. The number of anilines is 1. The Bertz CT molecular complexity index is 921. The first-order chi connectivity index (χ1) is 13.7. The SMILES string of the molecule is Cn1nc(NC(=O)N2CCC(NCc3ccccc3C(F)(F)F)CC2)ccc1=O. The van der Waals surface area contributed by atoms with E-state index in [0.717, 1.165) is 10.7 Å². The van der Waals surface area contributed by atoms with Crippen LogP contribution in [0.1, 0.15) is 24.0 Å². The van der Waals surface area contributed by atoms with Crippen LogP contribution in [0.15, 0.2) is 41.2 Å². The van der Waals surface area contributed by atoms with Crippen molar-refractivity contribution in [2.24, 2.45) is 7.05 Å². The van der Waals surface area contributed by atoms with E-state index in [2.05, 4.69) is 15.7 Å². The molecule has 1 aliphatic rings. The highest BCUT2D eigenvalue weighted by Gasteiger charge is 2.33. The van der Waals surface area contributed by atoms with Crippen molar-refractivity contribution in [2.75, 3.05) is 18.4 Å². The van der Waals surface area contributed by atoms with E-state index in [1.54, 1.807) is 11.0 Å². The molecule has 2 aromatic rings. The number of amides is 2. The predicted molar refractivity (Wildman–Crippen MR) is 101 cm³/mol. The van der Waals surface area contributed by atoms with Gasteiger partial charge in [0, 0.05) is 38.8 Å². The number of aryl methyl sites for hydroxylation is 1. The smallest absolute Gasteiger partial charge is 0.324 e. The molecule has 0 aliphatic carbocycles. The van der Waals surface area contributed by atoms with Gasteiger partial charge in [-0.05, 0) is 30.5 Å². The van der Waals surface area contributed by atoms with Crippen molar-refractivity contribution in [1.29, 1.82) is 0 Å². The number of carbonyl (C=O) groups excluding carboxylic acids is 1. The number of carbonyl (C=O) groups is 1. The Balaban J connectivity index is 1.50. The Morgan fingerprint density at radius 1 is 1.17 bits per heavy atom. The number of halogens is 3. The maximum Gasteiger partial charge on any atom is 0.416 e. The fourth-order valence-corrected chi connectivity index (χ4v) is 3.25. The second-order valence-electron chi connectivity index (χ2n) is 6.91. The highest BCUT2D eigenvalue weighted by atomic mass is 19.4. The molecule has 0 radical (unpaired) electrons. The average Bonchev–Trinajstić information content (AvgIpc) is 2.69. The molecule has 1 aliphatic heterocycles. The van der Waals surface area contributed by atoms with E-state index in [4.69, 9.17) is 0 Å². The molecule has 2 amide bonds. The first kappa shape index (κ1) is 20.8. The largest absolute Gasteiger partial charge is 0.416 e. The van der Waals surface area contributed by atoms with E-state index in [0.29, 0.717) is 25.9 Å². The number of urea groups is 1. The second kappa shape index (κ2) is 8.64. The summed E-state index contributed by atoms with van der Waals surface area (Å²) in [6.07, 6.45) is -3.13. The summed E-state index contributed by atoms with van der Waals surface area (Å²) < 4.78 is 40.4. The van der Waals surface area contributed by atoms with E-state index >= 15 is 0 Å². The van der Waals surface area contributed by atoms with Gasteiger partial charge in [-0.15, -0.1) is 0 Å². The molecular weight excluding hydrogens is 387 g/mol. The number of hydrogen-bond acceptors (Lipinski definition) is 4. The third-order valence-corrected chi connectivity index (χ3v) is 4.88. The third-order valence-electron chi connectivity index (χ3n) is 4.88. The fraction of sp³-hybridized carbons (Fsp3) is 0.421. The summed E-state index contributed by atoms with van der Waals surface area (Å²) in [6.45, 7) is 1.06.